The van der Waals surface area contributed by atoms with Crippen LogP contribution in [0.2, 0.25) is 0 Å². The number of aliphatic hydroxyl groups excluding tert-OH is 1. The Bertz CT molecular complexity index is 1380. The molecule has 0 spiro atoms. The van der Waals surface area contributed by atoms with Gasteiger partial charge in [0.15, 0.2) is 11.5 Å². The lowest BCUT2D eigenvalue weighted by atomic mass is 10.1. The summed E-state index contributed by atoms with van der Waals surface area (Å²) in [6.07, 6.45) is 4.73. The summed E-state index contributed by atoms with van der Waals surface area (Å²) in [5, 5.41) is 9.57. The topological polar surface area (TPSA) is 59.8 Å². The van der Waals surface area contributed by atoms with E-state index in [9.17, 15) is 5.11 Å². The molecule has 0 bridgehead atoms. The van der Waals surface area contributed by atoms with Crippen LogP contribution in [-0.4, -0.2) is 32.8 Å². The van der Waals surface area contributed by atoms with Gasteiger partial charge in [-0.1, -0.05) is 80.6 Å². The molecule has 5 rings (SSSR count). The van der Waals surface area contributed by atoms with Crippen molar-refractivity contribution >= 4 is 0 Å². The summed E-state index contributed by atoms with van der Waals surface area (Å²) >= 11 is 0. The molecule has 0 fully saturated rings. The molecule has 1 N–H and O–H groups in total. The molecule has 0 amide bonds. The third kappa shape index (κ3) is 6.89. The number of unbranched alkanes of at least 4 members (excludes halogenated alkanes) is 1. The van der Waals surface area contributed by atoms with Gasteiger partial charge in [-0.2, -0.15) is 0 Å². The van der Waals surface area contributed by atoms with E-state index in [1.807, 2.05) is 18.3 Å². The summed E-state index contributed by atoms with van der Waals surface area (Å²) in [7, 11) is 0. The predicted octanol–water partition coefficient (Wildman–Crippen LogP) is 6.94. The molecule has 1 aliphatic rings. The van der Waals surface area contributed by atoms with Crippen LogP contribution in [0.3, 0.4) is 0 Å². The monoisotopic (exact) mass is 523 g/mol. The minimum Gasteiger partial charge on any atom is -0.513 e. The Morgan fingerprint density at radius 3 is 2.33 bits per heavy atom. The van der Waals surface area contributed by atoms with Crippen molar-refractivity contribution < 1.29 is 14.6 Å². The van der Waals surface area contributed by atoms with Crippen molar-refractivity contribution in [2.45, 2.75) is 52.4 Å². The van der Waals surface area contributed by atoms with Gasteiger partial charge in [0.05, 0.1) is 17.6 Å². The third-order valence-corrected chi connectivity index (χ3v) is 6.94. The highest BCUT2D eigenvalue weighted by Gasteiger charge is 2.18. The number of ether oxygens (including phenoxy) is 2. The lowest BCUT2D eigenvalue weighted by molar-refractivity contribution is 0.170. The highest BCUT2D eigenvalue weighted by Crippen LogP contribution is 2.31. The number of nitrogens with zero attached hydrogens (tertiary/aromatic N) is 3. The van der Waals surface area contributed by atoms with E-state index < -0.39 is 0 Å². The zero-order chi connectivity index (χ0) is 27.0. The second-order valence-corrected chi connectivity index (χ2v) is 10.1. The van der Waals surface area contributed by atoms with Crippen LogP contribution in [0.4, 0.5) is 0 Å². The number of benzene rings is 3. The molecular weight excluding hydrogens is 486 g/mol. The van der Waals surface area contributed by atoms with Crippen LogP contribution in [0.15, 0.2) is 91.3 Å². The number of hydrogen-bond donors (Lipinski definition) is 1. The number of aromatic nitrogens is 2. The van der Waals surface area contributed by atoms with Crippen molar-refractivity contribution in [1.29, 1.82) is 0 Å². The quantitative estimate of drug-likeness (QED) is 0.204. The van der Waals surface area contributed by atoms with E-state index in [0.29, 0.717) is 19.6 Å². The maximum absolute atomic E-state index is 9.57. The fraction of sp³-hybridized carbons (Fsp3) is 0.303. The van der Waals surface area contributed by atoms with E-state index in [1.165, 1.54) is 16.8 Å². The zero-order valence-corrected chi connectivity index (χ0v) is 22.7. The van der Waals surface area contributed by atoms with Gasteiger partial charge in [-0.05, 0) is 35.2 Å². The van der Waals surface area contributed by atoms with Crippen molar-refractivity contribution in [2.24, 2.45) is 0 Å². The van der Waals surface area contributed by atoms with Crippen molar-refractivity contribution in [3.05, 3.63) is 114 Å². The van der Waals surface area contributed by atoms with Gasteiger partial charge in [0.1, 0.15) is 19.0 Å². The van der Waals surface area contributed by atoms with Gasteiger partial charge in [0.25, 0.3) is 0 Å². The fourth-order valence-electron chi connectivity index (χ4n) is 5.02. The second-order valence-electron chi connectivity index (χ2n) is 10.1. The van der Waals surface area contributed by atoms with Crippen molar-refractivity contribution in [3.63, 3.8) is 0 Å². The molecule has 39 heavy (non-hydrogen) atoms. The molecule has 0 aliphatic carbocycles. The van der Waals surface area contributed by atoms with Crippen LogP contribution in [0.25, 0.3) is 11.4 Å². The summed E-state index contributed by atoms with van der Waals surface area (Å²) in [5.41, 5.74) is 5.78. The van der Waals surface area contributed by atoms with E-state index in [4.69, 9.17) is 14.5 Å². The molecule has 4 aromatic rings. The predicted molar refractivity (Wildman–Crippen MR) is 155 cm³/mol. The van der Waals surface area contributed by atoms with Gasteiger partial charge in [-0.15, -0.1) is 0 Å². The first-order valence-electron chi connectivity index (χ1n) is 13.7. The molecule has 1 aromatic heterocycles. The summed E-state index contributed by atoms with van der Waals surface area (Å²) in [5.74, 6) is 2.82. The molecule has 2 heterocycles. The molecule has 1 aliphatic heterocycles. The molecule has 3 aromatic carbocycles. The molecule has 0 saturated heterocycles. The second kappa shape index (κ2) is 12.7. The van der Waals surface area contributed by atoms with E-state index in [2.05, 4.69) is 83.6 Å². The normalized spacial score (nSPS) is 12.6. The molecule has 202 valence electrons. The average molecular weight is 524 g/mol. The number of rotatable bonds is 12. The van der Waals surface area contributed by atoms with Crippen LogP contribution < -0.4 is 9.47 Å². The van der Waals surface area contributed by atoms with Crippen LogP contribution in [0, 0.1) is 0 Å². The maximum atomic E-state index is 9.57. The first-order valence-corrected chi connectivity index (χ1v) is 13.7. The first-order chi connectivity index (χ1) is 19.1. The van der Waals surface area contributed by atoms with Gasteiger partial charge >= 0.3 is 0 Å². The Balaban J connectivity index is 1.43. The minimum atomic E-state index is 0.178. The number of fused-ring (bicyclic) bond motifs is 1. The SMILES string of the molecule is C=C(O)Cc1ccc(CN(Cc2ccc3c(c2)OCCO3)Cc2cnc(-c3ccccc3)n2CCCC)cc1. The van der Waals surface area contributed by atoms with Crippen LogP contribution in [0.5, 0.6) is 11.5 Å². The highest BCUT2D eigenvalue weighted by atomic mass is 16.6. The standard InChI is InChI=1S/C33H37N3O3/c1-3-4-16-36-30(21-34-33(36)29-8-6-5-7-9-29)24-35(22-27-12-10-26(11-13-27)19-25(2)37)23-28-14-15-31-32(20-28)39-18-17-38-31/h5-15,20-21,37H,2-4,16-19,22-24H2,1H3. The highest BCUT2D eigenvalue weighted by molar-refractivity contribution is 5.56. The van der Waals surface area contributed by atoms with Crippen LogP contribution >= 0.6 is 0 Å². The fourth-order valence-corrected chi connectivity index (χ4v) is 5.02. The van der Waals surface area contributed by atoms with Crippen molar-refractivity contribution in [3.8, 4) is 22.9 Å². The number of allylic oxidation sites excluding steroid dienone is 1. The van der Waals surface area contributed by atoms with Crippen molar-refractivity contribution in [1.82, 2.24) is 14.5 Å². The zero-order valence-electron chi connectivity index (χ0n) is 22.7. The maximum Gasteiger partial charge on any atom is 0.161 e. The van der Waals surface area contributed by atoms with Gasteiger partial charge < -0.3 is 19.1 Å². The Morgan fingerprint density at radius 1 is 0.897 bits per heavy atom. The van der Waals surface area contributed by atoms with Gasteiger partial charge in [0.2, 0.25) is 0 Å². The largest absolute Gasteiger partial charge is 0.513 e. The Hall–Kier alpha value is -4.03. The number of aliphatic hydroxyl groups is 1. The summed E-state index contributed by atoms with van der Waals surface area (Å²) in [6, 6.07) is 25.1. The summed E-state index contributed by atoms with van der Waals surface area (Å²) in [4.78, 5) is 7.32. The van der Waals surface area contributed by atoms with E-state index in [0.717, 1.165) is 67.5 Å². The first kappa shape index (κ1) is 26.6. The summed E-state index contributed by atoms with van der Waals surface area (Å²) < 4.78 is 14.0. The molecule has 6 heteroatoms. The minimum absolute atomic E-state index is 0.178. The Labute approximate surface area is 231 Å². The molecule has 0 radical (unpaired) electrons. The van der Waals surface area contributed by atoms with E-state index in [1.54, 1.807) is 0 Å². The Morgan fingerprint density at radius 2 is 1.59 bits per heavy atom. The van der Waals surface area contributed by atoms with Gasteiger partial charge in [-0.25, -0.2) is 4.98 Å². The van der Waals surface area contributed by atoms with Crippen molar-refractivity contribution in [2.75, 3.05) is 13.2 Å². The molecular formula is C33H37N3O3. The Kier molecular flexibility index (Phi) is 8.64. The van der Waals surface area contributed by atoms with Gasteiger partial charge in [-0.3, -0.25) is 4.90 Å². The smallest absolute Gasteiger partial charge is 0.161 e. The average Bonchev–Trinajstić information content (AvgIpc) is 3.35. The third-order valence-electron chi connectivity index (χ3n) is 6.94. The number of imidazole rings is 1. The van der Waals surface area contributed by atoms with Gasteiger partial charge in [0, 0.05) is 38.2 Å². The molecule has 0 unspecified atom stereocenters. The molecule has 0 saturated carbocycles. The van der Waals surface area contributed by atoms with Crippen LogP contribution in [0.1, 0.15) is 42.1 Å². The molecule has 0 atom stereocenters. The van der Waals surface area contributed by atoms with E-state index >= 15 is 0 Å². The number of hydrogen-bond acceptors (Lipinski definition) is 5. The summed E-state index contributed by atoms with van der Waals surface area (Å²) in [6.45, 7) is 10.2. The van der Waals surface area contributed by atoms with Crippen LogP contribution in [-0.2, 0) is 32.6 Å². The lowest BCUT2D eigenvalue weighted by Gasteiger charge is -2.25. The van der Waals surface area contributed by atoms with E-state index in [-0.39, 0.29) is 5.76 Å². The lowest BCUT2D eigenvalue weighted by Crippen LogP contribution is -2.24. The molecule has 6 nitrogen and oxygen atoms in total.